The molecule has 0 saturated carbocycles. The van der Waals surface area contributed by atoms with Gasteiger partial charge in [0.2, 0.25) is 0 Å². The largest absolute Gasteiger partial charge is 0.508 e. The SMILES string of the molecule is CCNC(=NCc1cccc(O)c1)NC(C)c1ccccc1.I. The number of phenolic OH excluding ortho intramolecular Hbond substituents is 1. The monoisotopic (exact) mass is 425 g/mol. The molecule has 5 heteroatoms. The summed E-state index contributed by atoms with van der Waals surface area (Å²) >= 11 is 0. The summed E-state index contributed by atoms with van der Waals surface area (Å²) in [7, 11) is 0. The summed E-state index contributed by atoms with van der Waals surface area (Å²) in [4.78, 5) is 4.57. The third kappa shape index (κ3) is 6.48. The highest BCUT2D eigenvalue weighted by atomic mass is 127. The number of nitrogens with one attached hydrogen (secondary N) is 2. The second kappa shape index (κ2) is 10.1. The first-order valence-corrected chi connectivity index (χ1v) is 7.56. The predicted octanol–water partition coefficient (Wildman–Crippen LogP) is 3.83. The molecule has 2 aromatic rings. The number of guanidine groups is 1. The zero-order valence-corrected chi connectivity index (χ0v) is 15.8. The summed E-state index contributed by atoms with van der Waals surface area (Å²) in [6, 6.07) is 17.6. The Morgan fingerprint density at radius 1 is 1.13 bits per heavy atom. The van der Waals surface area contributed by atoms with Crippen LogP contribution in [-0.2, 0) is 6.54 Å². The van der Waals surface area contributed by atoms with Gasteiger partial charge in [-0.25, -0.2) is 4.99 Å². The second-order valence-corrected chi connectivity index (χ2v) is 5.14. The maximum atomic E-state index is 9.50. The van der Waals surface area contributed by atoms with E-state index in [0.29, 0.717) is 6.54 Å². The van der Waals surface area contributed by atoms with Gasteiger partial charge in [-0.15, -0.1) is 24.0 Å². The van der Waals surface area contributed by atoms with Crippen molar-refractivity contribution < 1.29 is 5.11 Å². The first-order chi connectivity index (χ1) is 10.7. The number of hydrogen-bond donors (Lipinski definition) is 3. The molecular weight excluding hydrogens is 401 g/mol. The molecule has 0 aliphatic rings. The third-order valence-corrected chi connectivity index (χ3v) is 3.33. The summed E-state index contributed by atoms with van der Waals surface area (Å²) in [6.45, 7) is 5.47. The predicted molar refractivity (Wildman–Crippen MR) is 106 cm³/mol. The van der Waals surface area contributed by atoms with E-state index in [1.54, 1.807) is 12.1 Å². The van der Waals surface area contributed by atoms with Crippen LogP contribution < -0.4 is 10.6 Å². The molecule has 0 heterocycles. The molecule has 0 amide bonds. The van der Waals surface area contributed by atoms with Crippen LogP contribution >= 0.6 is 24.0 Å². The van der Waals surface area contributed by atoms with Crippen molar-refractivity contribution in [2.45, 2.75) is 26.4 Å². The quantitative estimate of drug-likeness (QED) is 0.388. The maximum Gasteiger partial charge on any atom is 0.192 e. The highest BCUT2D eigenvalue weighted by Crippen LogP contribution is 2.13. The number of aliphatic imine (C=N–C) groups is 1. The molecule has 0 bridgehead atoms. The van der Waals surface area contributed by atoms with Crippen molar-refractivity contribution >= 4 is 29.9 Å². The molecule has 0 spiro atoms. The van der Waals surface area contributed by atoms with E-state index in [2.05, 4.69) is 34.7 Å². The Hall–Kier alpha value is -1.76. The van der Waals surface area contributed by atoms with Crippen molar-refractivity contribution in [3.05, 3.63) is 65.7 Å². The van der Waals surface area contributed by atoms with Crippen molar-refractivity contribution in [1.82, 2.24) is 10.6 Å². The highest BCUT2D eigenvalue weighted by Gasteiger charge is 2.07. The van der Waals surface area contributed by atoms with Crippen LogP contribution in [0.5, 0.6) is 5.75 Å². The minimum atomic E-state index is 0. The Morgan fingerprint density at radius 3 is 2.52 bits per heavy atom. The lowest BCUT2D eigenvalue weighted by atomic mass is 10.1. The summed E-state index contributed by atoms with van der Waals surface area (Å²) < 4.78 is 0. The van der Waals surface area contributed by atoms with Gasteiger partial charge in [0, 0.05) is 6.54 Å². The van der Waals surface area contributed by atoms with Crippen molar-refractivity contribution in [2.24, 2.45) is 4.99 Å². The molecule has 124 valence electrons. The minimum Gasteiger partial charge on any atom is -0.508 e. The fourth-order valence-electron chi connectivity index (χ4n) is 2.18. The van der Waals surface area contributed by atoms with Gasteiger partial charge in [0.25, 0.3) is 0 Å². The smallest absolute Gasteiger partial charge is 0.192 e. The van der Waals surface area contributed by atoms with E-state index in [1.165, 1.54) is 5.56 Å². The van der Waals surface area contributed by atoms with E-state index in [1.807, 2.05) is 37.3 Å². The molecular formula is C18H24IN3O. The molecule has 0 saturated heterocycles. The normalized spacial score (nSPS) is 12.2. The lowest BCUT2D eigenvalue weighted by molar-refractivity contribution is 0.474. The van der Waals surface area contributed by atoms with Crippen LogP contribution in [0, 0.1) is 0 Å². The van der Waals surface area contributed by atoms with Gasteiger partial charge in [0.1, 0.15) is 5.75 Å². The molecule has 0 fully saturated rings. The minimum absolute atomic E-state index is 0. The Balaban J connectivity index is 0.00000264. The highest BCUT2D eigenvalue weighted by molar-refractivity contribution is 14.0. The average molecular weight is 425 g/mol. The molecule has 0 aliphatic carbocycles. The molecule has 1 atom stereocenters. The van der Waals surface area contributed by atoms with Crippen LogP contribution in [0.25, 0.3) is 0 Å². The Kier molecular flexibility index (Phi) is 8.47. The van der Waals surface area contributed by atoms with E-state index < -0.39 is 0 Å². The van der Waals surface area contributed by atoms with Gasteiger partial charge in [-0.05, 0) is 37.1 Å². The average Bonchev–Trinajstić information content (AvgIpc) is 2.54. The molecule has 1 unspecified atom stereocenters. The van der Waals surface area contributed by atoms with Gasteiger partial charge in [-0.3, -0.25) is 0 Å². The van der Waals surface area contributed by atoms with Crippen LogP contribution in [0.2, 0.25) is 0 Å². The van der Waals surface area contributed by atoms with E-state index in [0.717, 1.165) is 18.1 Å². The molecule has 2 rings (SSSR count). The molecule has 0 aromatic heterocycles. The topological polar surface area (TPSA) is 56.7 Å². The number of phenols is 1. The van der Waals surface area contributed by atoms with E-state index >= 15 is 0 Å². The van der Waals surface area contributed by atoms with E-state index in [-0.39, 0.29) is 35.8 Å². The Bertz CT molecular complexity index is 617. The number of aromatic hydroxyl groups is 1. The molecule has 23 heavy (non-hydrogen) atoms. The van der Waals surface area contributed by atoms with Gasteiger partial charge < -0.3 is 15.7 Å². The Labute approximate surface area is 155 Å². The zero-order chi connectivity index (χ0) is 15.8. The lowest BCUT2D eigenvalue weighted by Crippen LogP contribution is -2.38. The standard InChI is InChI=1S/C18H23N3O.HI/c1-3-19-18(20-13-15-8-7-11-17(22)12-15)21-14(2)16-9-5-4-6-10-16;/h4-12,14,22H,3,13H2,1-2H3,(H2,19,20,21);1H. The number of rotatable bonds is 5. The first-order valence-electron chi connectivity index (χ1n) is 7.56. The third-order valence-electron chi connectivity index (χ3n) is 3.33. The lowest BCUT2D eigenvalue weighted by Gasteiger charge is -2.18. The molecule has 0 aliphatic heterocycles. The van der Waals surface area contributed by atoms with E-state index in [9.17, 15) is 5.11 Å². The van der Waals surface area contributed by atoms with Crippen LogP contribution in [0.15, 0.2) is 59.6 Å². The summed E-state index contributed by atoms with van der Waals surface area (Å²) in [5, 5.41) is 16.1. The van der Waals surface area contributed by atoms with Gasteiger partial charge in [-0.1, -0.05) is 42.5 Å². The van der Waals surface area contributed by atoms with Crippen LogP contribution in [-0.4, -0.2) is 17.6 Å². The number of hydrogen-bond acceptors (Lipinski definition) is 2. The van der Waals surface area contributed by atoms with Gasteiger partial charge in [-0.2, -0.15) is 0 Å². The van der Waals surface area contributed by atoms with Gasteiger partial charge in [0.05, 0.1) is 12.6 Å². The van der Waals surface area contributed by atoms with Crippen LogP contribution in [0.4, 0.5) is 0 Å². The van der Waals surface area contributed by atoms with E-state index in [4.69, 9.17) is 0 Å². The number of benzene rings is 2. The molecule has 0 radical (unpaired) electrons. The molecule has 3 N–H and O–H groups in total. The summed E-state index contributed by atoms with van der Waals surface area (Å²) in [6.07, 6.45) is 0. The van der Waals surface area contributed by atoms with Gasteiger partial charge in [0.15, 0.2) is 5.96 Å². The van der Waals surface area contributed by atoms with Crippen LogP contribution in [0.1, 0.15) is 31.0 Å². The summed E-state index contributed by atoms with van der Waals surface area (Å²) in [5.41, 5.74) is 2.19. The van der Waals surface area contributed by atoms with Crippen molar-refractivity contribution in [1.29, 1.82) is 0 Å². The molecule has 2 aromatic carbocycles. The fraction of sp³-hybridized carbons (Fsp3) is 0.278. The zero-order valence-electron chi connectivity index (χ0n) is 13.5. The first kappa shape index (κ1) is 19.3. The molecule has 4 nitrogen and oxygen atoms in total. The van der Waals surface area contributed by atoms with Crippen molar-refractivity contribution in [3.8, 4) is 5.75 Å². The summed E-state index contributed by atoms with van der Waals surface area (Å²) in [5.74, 6) is 1.03. The Morgan fingerprint density at radius 2 is 1.87 bits per heavy atom. The fourth-order valence-corrected chi connectivity index (χ4v) is 2.18. The van der Waals surface area contributed by atoms with Crippen molar-refractivity contribution in [3.63, 3.8) is 0 Å². The van der Waals surface area contributed by atoms with Gasteiger partial charge >= 0.3 is 0 Å². The maximum absolute atomic E-state index is 9.50. The van der Waals surface area contributed by atoms with Crippen molar-refractivity contribution in [2.75, 3.05) is 6.54 Å². The van der Waals surface area contributed by atoms with Crippen LogP contribution in [0.3, 0.4) is 0 Å². The second-order valence-electron chi connectivity index (χ2n) is 5.14. The number of nitrogens with zero attached hydrogens (tertiary/aromatic N) is 1. The number of halogens is 1.